The minimum absolute atomic E-state index is 0.0589. The zero-order chi connectivity index (χ0) is 13.1. The summed E-state index contributed by atoms with van der Waals surface area (Å²) in [5.41, 5.74) is 0.840. The number of likely N-dealkylation sites (N-methyl/N-ethyl adjacent to an activating group) is 1. The summed E-state index contributed by atoms with van der Waals surface area (Å²) in [7, 11) is 3.46. The van der Waals surface area contributed by atoms with Gasteiger partial charge in [-0.2, -0.15) is 0 Å². The second-order valence-corrected chi connectivity index (χ2v) is 4.37. The monoisotopic (exact) mass is 250 g/mol. The van der Waals surface area contributed by atoms with Crippen molar-refractivity contribution in [2.75, 3.05) is 38.8 Å². The smallest absolute Gasteiger partial charge is 0.246 e. The van der Waals surface area contributed by atoms with E-state index in [0.717, 1.165) is 18.0 Å². The maximum absolute atomic E-state index is 12.2. The molecule has 1 saturated heterocycles. The molecule has 1 unspecified atom stereocenters. The molecule has 0 bridgehead atoms. The van der Waals surface area contributed by atoms with Crippen LogP contribution in [0.25, 0.3) is 0 Å². The van der Waals surface area contributed by atoms with Crippen LogP contribution in [0.1, 0.15) is 0 Å². The summed E-state index contributed by atoms with van der Waals surface area (Å²) in [5, 5.41) is 9.27. The lowest BCUT2D eigenvalue weighted by atomic mass is 10.1. The maximum atomic E-state index is 12.2. The van der Waals surface area contributed by atoms with E-state index in [1.807, 2.05) is 36.2 Å². The molecule has 1 N–H and O–H groups in total. The fraction of sp³-hybridized carbons (Fsp3) is 0.462. The van der Waals surface area contributed by atoms with Crippen LogP contribution in [0.4, 0.5) is 5.69 Å². The van der Waals surface area contributed by atoms with Crippen LogP contribution in [0.3, 0.4) is 0 Å². The van der Waals surface area contributed by atoms with Crippen molar-refractivity contribution in [1.29, 1.82) is 0 Å². The quantitative estimate of drug-likeness (QED) is 0.840. The molecule has 0 aliphatic carbocycles. The normalized spacial score (nSPS) is 21.2. The van der Waals surface area contributed by atoms with Crippen molar-refractivity contribution in [1.82, 2.24) is 4.90 Å². The van der Waals surface area contributed by atoms with Crippen molar-refractivity contribution in [3.63, 3.8) is 0 Å². The number of piperazine rings is 1. The molecule has 1 atom stereocenters. The Hall–Kier alpha value is -1.59. The largest absolute Gasteiger partial charge is 0.497 e. The second-order valence-electron chi connectivity index (χ2n) is 4.37. The van der Waals surface area contributed by atoms with Crippen LogP contribution in [-0.2, 0) is 4.79 Å². The molecule has 0 spiro atoms. The molecule has 1 aliphatic heterocycles. The Kier molecular flexibility index (Phi) is 3.84. The highest BCUT2D eigenvalue weighted by Crippen LogP contribution is 2.22. The zero-order valence-corrected chi connectivity index (χ0v) is 10.7. The average Bonchev–Trinajstić information content (AvgIpc) is 2.40. The number of nitrogens with zero attached hydrogens (tertiary/aromatic N) is 2. The van der Waals surface area contributed by atoms with Crippen molar-refractivity contribution in [2.45, 2.75) is 6.04 Å². The number of aliphatic hydroxyl groups excluding tert-OH is 1. The van der Waals surface area contributed by atoms with Crippen LogP contribution in [0, 0.1) is 0 Å². The highest BCUT2D eigenvalue weighted by Gasteiger charge is 2.32. The molecule has 1 amide bonds. The minimum atomic E-state index is -0.444. The van der Waals surface area contributed by atoms with Gasteiger partial charge in [0.2, 0.25) is 5.91 Å². The van der Waals surface area contributed by atoms with Crippen molar-refractivity contribution < 1.29 is 14.6 Å². The molecule has 5 nitrogen and oxygen atoms in total. The summed E-state index contributed by atoms with van der Waals surface area (Å²) in [5.74, 6) is 0.704. The molecule has 1 aromatic rings. The van der Waals surface area contributed by atoms with Gasteiger partial charge >= 0.3 is 0 Å². The first kappa shape index (κ1) is 12.9. The third-order valence-electron chi connectivity index (χ3n) is 3.32. The molecule has 0 aromatic heterocycles. The van der Waals surface area contributed by atoms with E-state index >= 15 is 0 Å². The lowest BCUT2D eigenvalue weighted by Gasteiger charge is -2.37. The van der Waals surface area contributed by atoms with Crippen LogP contribution in [0.2, 0.25) is 0 Å². The lowest BCUT2D eigenvalue weighted by molar-refractivity contribution is -0.126. The highest BCUT2D eigenvalue weighted by molar-refractivity contribution is 5.98. The predicted molar refractivity (Wildman–Crippen MR) is 68.9 cm³/mol. The maximum Gasteiger partial charge on any atom is 0.246 e. The first-order valence-electron chi connectivity index (χ1n) is 5.94. The summed E-state index contributed by atoms with van der Waals surface area (Å²) in [6, 6.07) is 6.93. The van der Waals surface area contributed by atoms with Crippen molar-refractivity contribution in [3.05, 3.63) is 24.3 Å². The van der Waals surface area contributed by atoms with Gasteiger partial charge in [-0.25, -0.2) is 0 Å². The van der Waals surface area contributed by atoms with E-state index in [0.29, 0.717) is 6.54 Å². The number of aliphatic hydroxyl groups is 1. The number of hydrogen-bond donors (Lipinski definition) is 1. The predicted octanol–water partition coefficient (Wildman–Crippen LogP) is 0.334. The summed E-state index contributed by atoms with van der Waals surface area (Å²) in [4.78, 5) is 15.8. The van der Waals surface area contributed by atoms with Gasteiger partial charge in [-0.15, -0.1) is 0 Å². The molecule has 5 heteroatoms. The van der Waals surface area contributed by atoms with E-state index in [9.17, 15) is 9.90 Å². The summed E-state index contributed by atoms with van der Waals surface area (Å²) in [6.45, 7) is 1.24. The molecule has 1 fully saturated rings. The van der Waals surface area contributed by atoms with Crippen LogP contribution in [0.5, 0.6) is 5.75 Å². The molecule has 18 heavy (non-hydrogen) atoms. The highest BCUT2D eigenvalue weighted by atomic mass is 16.5. The first-order chi connectivity index (χ1) is 8.67. The van der Waals surface area contributed by atoms with Gasteiger partial charge in [0, 0.05) is 18.8 Å². The van der Waals surface area contributed by atoms with Crippen molar-refractivity contribution >= 4 is 11.6 Å². The molecular weight excluding hydrogens is 232 g/mol. The SMILES string of the molecule is COc1ccc(N2CCN(C)C(CO)C2=O)cc1. The molecule has 1 heterocycles. The van der Waals surface area contributed by atoms with Crippen molar-refractivity contribution in [3.8, 4) is 5.75 Å². The molecule has 1 aromatic carbocycles. The molecule has 98 valence electrons. The van der Waals surface area contributed by atoms with Gasteiger partial charge in [0.1, 0.15) is 11.8 Å². The number of ether oxygens (including phenoxy) is 1. The van der Waals surface area contributed by atoms with E-state index in [-0.39, 0.29) is 12.5 Å². The Morgan fingerprint density at radius 2 is 2.00 bits per heavy atom. The summed E-state index contributed by atoms with van der Waals surface area (Å²) < 4.78 is 5.09. The van der Waals surface area contributed by atoms with Gasteiger partial charge in [-0.1, -0.05) is 0 Å². The number of rotatable bonds is 3. The van der Waals surface area contributed by atoms with Crippen LogP contribution < -0.4 is 9.64 Å². The number of amides is 1. The Labute approximate surface area is 107 Å². The molecule has 0 saturated carbocycles. The van der Waals surface area contributed by atoms with Gasteiger partial charge in [0.25, 0.3) is 0 Å². The van der Waals surface area contributed by atoms with Gasteiger partial charge < -0.3 is 14.7 Å². The Bertz CT molecular complexity index is 419. The third kappa shape index (κ3) is 2.32. The molecule has 1 aliphatic rings. The number of methoxy groups -OCH3 is 1. The number of hydrogen-bond acceptors (Lipinski definition) is 4. The van der Waals surface area contributed by atoms with E-state index in [2.05, 4.69) is 0 Å². The van der Waals surface area contributed by atoms with Crippen LogP contribution in [0.15, 0.2) is 24.3 Å². The second kappa shape index (κ2) is 5.37. The van der Waals surface area contributed by atoms with Crippen molar-refractivity contribution in [2.24, 2.45) is 0 Å². The first-order valence-corrected chi connectivity index (χ1v) is 5.94. The number of benzene rings is 1. The number of carbonyl (C=O) groups excluding carboxylic acids is 1. The van der Waals surface area contributed by atoms with E-state index in [4.69, 9.17) is 4.74 Å². The Morgan fingerprint density at radius 1 is 1.33 bits per heavy atom. The van der Waals surface area contributed by atoms with Gasteiger partial charge in [-0.05, 0) is 31.3 Å². The molecular formula is C13H18N2O3. The van der Waals surface area contributed by atoms with Crippen LogP contribution >= 0.6 is 0 Å². The zero-order valence-electron chi connectivity index (χ0n) is 10.7. The lowest BCUT2D eigenvalue weighted by Crippen LogP contribution is -2.57. The average molecular weight is 250 g/mol. The Balaban J connectivity index is 2.19. The van der Waals surface area contributed by atoms with Gasteiger partial charge in [0.05, 0.1) is 13.7 Å². The molecule has 2 rings (SSSR count). The minimum Gasteiger partial charge on any atom is -0.497 e. The molecule has 0 radical (unpaired) electrons. The standard InChI is InChI=1S/C13H18N2O3/c1-14-7-8-15(13(17)12(14)9-16)10-3-5-11(18-2)6-4-10/h3-6,12,16H,7-9H2,1-2H3. The van der Waals surface area contributed by atoms with Gasteiger partial charge in [0.15, 0.2) is 0 Å². The fourth-order valence-corrected chi connectivity index (χ4v) is 2.13. The van der Waals surface area contributed by atoms with E-state index in [1.54, 1.807) is 12.0 Å². The van der Waals surface area contributed by atoms with Gasteiger partial charge in [-0.3, -0.25) is 9.69 Å². The van der Waals surface area contributed by atoms with Crippen LogP contribution in [-0.4, -0.2) is 55.8 Å². The van der Waals surface area contributed by atoms with E-state index < -0.39 is 6.04 Å². The number of anilines is 1. The number of carbonyl (C=O) groups is 1. The summed E-state index contributed by atoms with van der Waals surface area (Å²) >= 11 is 0. The third-order valence-corrected chi connectivity index (χ3v) is 3.32. The summed E-state index contributed by atoms with van der Waals surface area (Å²) in [6.07, 6.45) is 0. The fourth-order valence-electron chi connectivity index (χ4n) is 2.13. The Morgan fingerprint density at radius 3 is 2.56 bits per heavy atom. The van der Waals surface area contributed by atoms with E-state index in [1.165, 1.54) is 0 Å². The topological polar surface area (TPSA) is 53.0 Å².